The molecule has 2 aromatic heterocycles. The molecule has 126 valence electrons. The van der Waals surface area contributed by atoms with Crippen LogP contribution in [0.25, 0.3) is 11.0 Å². The molecule has 0 aliphatic heterocycles. The van der Waals surface area contributed by atoms with E-state index in [1.54, 1.807) is 6.20 Å². The molecular formula is C17H20ClN5O. The van der Waals surface area contributed by atoms with Gasteiger partial charge in [0, 0.05) is 42.8 Å². The molecule has 0 saturated heterocycles. The van der Waals surface area contributed by atoms with Gasteiger partial charge in [-0.05, 0) is 37.6 Å². The fraction of sp³-hybridized carbons (Fsp3) is 0.353. The second-order valence-electron chi connectivity index (χ2n) is 5.74. The van der Waals surface area contributed by atoms with E-state index in [-0.39, 0.29) is 5.91 Å². The van der Waals surface area contributed by atoms with Gasteiger partial charge in [0.25, 0.3) is 0 Å². The highest BCUT2D eigenvalue weighted by Crippen LogP contribution is 2.17. The second-order valence-corrected chi connectivity index (χ2v) is 6.18. The van der Waals surface area contributed by atoms with Gasteiger partial charge in [-0.1, -0.05) is 11.6 Å². The SMILES string of the molecule is Cc1ccnn1CCC(=O)NCCCc1nc2ccc(Cl)cc2[nH]1. The summed E-state index contributed by atoms with van der Waals surface area (Å²) in [6, 6.07) is 7.53. The zero-order valence-corrected chi connectivity index (χ0v) is 14.3. The highest BCUT2D eigenvalue weighted by molar-refractivity contribution is 6.31. The molecule has 7 heteroatoms. The maximum Gasteiger partial charge on any atom is 0.221 e. The number of hydrogen-bond acceptors (Lipinski definition) is 3. The van der Waals surface area contributed by atoms with Crippen molar-refractivity contribution in [2.75, 3.05) is 6.54 Å². The minimum Gasteiger partial charge on any atom is -0.356 e. The zero-order chi connectivity index (χ0) is 16.9. The Morgan fingerprint density at radius 3 is 3.04 bits per heavy atom. The van der Waals surface area contributed by atoms with E-state index in [1.807, 2.05) is 35.9 Å². The Balaban J connectivity index is 1.39. The second kappa shape index (κ2) is 7.49. The van der Waals surface area contributed by atoms with Crippen molar-refractivity contribution in [2.45, 2.75) is 32.7 Å². The number of carbonyl (C=O) groups excluding carboxylic acids is 1. The van der Waals surface area contributed by atoms with Crippen molar-refractivity contribution in [3.63, 3.8) is 0 Å². The summed E-state index contributed by atoms with van der Waals surface area (Å²) in [5.74, 6) is 0.954. The number of H-pyrrole nitrogens is 1. The number of rotatable bonds is 7. The zero-order valence-electron chi connectivity index (χ0n) is 13.6. The van der Waals surface area contributed by atoms with Crippen LogP contribution in [0.4, 0.5) is 0 Å². The van der Waals surface area contributed by atoms with Crippen LogP contribution in [0.2, 0.25) is 5.02 Å². The van der Waals surface area contributed by atoms with Crippen molar-refractivity contribution in [2.24, 2.45) is 0 Å². The first-order valence-corrected chi connectivity index (χ1v) is 8.39. The van der Waals surface area contributed by atoms with E-state index in [9.17, 15) is 4.79 Å². The van der Waals surface area contributed by atoms with Crippen molar-refractivity contribution in [3.8, 4) is 0 Å². The Bertz CT molecular complexity index is 838. The molecule has 0 atom stereocenters. The summed E-state index contributed by atoms with van der Waals surface area (Å²) < 4.78 is 1.83. The Labute approximate surface area is 145 Å². The number of fused-ring (bicyclic) bond motifs is 1. The summed E-state index contributed by atoms with van der Waals surface area (Å²) in [5, 5.41) is 7.79. The van der Waals surface area contributed by atoms with Gasteiger partial charge in [-0.3, -0.25) is 9.48 Å². The van der Waals surface area contributed by atoms with E-state index < -0.39 is 0 Å². The van der Waals surface area contributed by atoms with Crippen LogP contribution in [0.1, 0.15) is 24.4 Å². The maximum atomic E-state index is 11.8. The van der Waals surface area contributed by atoms with Crippen molar-refractivity contribution >= 4 is 28.5 Å². The summed E-state index contributed by atoms with van der Waals surface area (Å²) in [7, 11) is 0. The minimum absolute atomic E-state index is 0.0429. The largest absolute Gasteiger partial charge is 0.356 e. The lowest BCUT2D eigenvalue weighted by Gasteiger charge is -2.06. The molecule has 1 amide bonds. The molecule has 0 spiro atoms. The summed E-state index contributed by atoms with van der Waals surface area (Å²) in [6.45, 7) is 3.22. The van der Waals surface area contributed by atoms with Gasteiger partial charge in [0.1, 0.15) is 5.82 Å². The molecule has 0 bridgehead atoms. The van der Waals surface area contributed by atoms with E-state index in [4.69, 9.17) is 11.6 Å². The first-order valence-electron chi connectivity index (χ1n) is 8.01. The lowest BCUT2D eigenvalue weighted by atomic mass is 10.3. The molecule has 24 heavy (non-hydrogen) atoms. The number of aromatic nitrogens is 4. The third kappa shape index (κ3) is 4.14. The lowest BCUT2D eigenvalue weighted by Crippen LogP contribution is -2.26. The van der Waals surface area contributed by atoms with Crippen LogP contribution in [0.3, 0.4) is 0 Å². The first kappa shape index (κ1) is 16.5. The number of imidazole rings is 1. The van der Waals surface area contributed by atoms with Crippen molar-refractivity contribution < 1.29 is 4.79 Å². The molecule has 2 heterocycles. The fourth-order valence-corrected chi connectivity index (χ4v) is 2.74. The lowest BCUT2D eigenvalue weighted by molar-refractivity contribution is -0.121. The summed E-state index contributed by atoms with van der Waals surface area (Å²) in [4.78, 5) is 19.6. The molecule has 3 rings (SSSR count). The fourth-order valence-electron chi connectivity index (χ4n) is 2.57. The first-order chi connectivity index (χ1) is 11.6. The summed E-state index contributed by atoms with van der Waals surface area (Å²) in [5.41, 5.74) is 2.91. The highest BCUT2D eigenvalue weighted by atomic mass is 35.5. The van der Waals surface area contributed by atoms with Crippen LogP contribution >= 0.6 is 11.6 Å². The average molecular weight is 346 g/mol. The van der Waals surface area contributed by atoms with Crippen molar-refractivity contribution in [3.05, 3.63) is 47.0 Å². The maximum absolute atomic E-state index is 11.8. The van der Waals surface area contributed by atoms with Gasteiger partial charge >= 0.3 is 0 Å². The number of nitrogens with zero attached hydrogens (tertiary/aromatic N) is 3. The van der Waals surface area contributed by atoms with Crippen LogP contribution in [-0.2, 0) is 17.8 Å². The molecule has 0 saturated carbocycles. The number of amides is 1. The molecule has 2 N–H and O–H groups in total. The topological polar surface area (TPSA) is 75.6 Å². The van der Waals surface area contributed by atoms with Gasteiger partial charge in [0.2, 0.25) is 5.91 Å². The van der Waals surface area contributed by atoms with Crippen molar-refractivity contribution in [1.29, 1.82) is 0 Å². The number of nitrogens with one attached hydrogen (secondary N) is 2. The smallest absolute Gasteiger partial charge is 0.221 e. The van der Waals surface area contributed by atoms with E-state index in [0.717, 1.165) is 35.4 Å². The third-order valence-electron chi connectivity index (χ3n) is 3.89. The molecule has 0 aliphatic rings. The Morgan fingerprint density at radius 2 is 2.25 bits per heavy atom. The number of hydrogen-bond donors (Lipinski definition) is 2. The van der Waals surface area contributed by atoms with Crippen molar-refractivity contribution in [1.82, 2.24) is 25.1 Å². The molecular weight excluding hydrogens is 326 g/mol. The van der Waals surface area contributed by atoms with Gasteiger partial charge in [0.05, 0.1) is 11.0 Å². The third-order valence-corrected chi connectivity index (χ3v) is 4.12. The highest BCUT2D eigenvalue weighted by Gasteiger charge is 2.05. The molecule has 3 aromatic rings. The molecule has 6 nitrogen and oxygen atoms in total. The molecule has 0 unspecified atom stereocenters. The Morgan fingerprint density at radius 1 is 1.38 bits per heavy atom. The van der Waals surface area contributed by atoms with E-state index in [2.05, 4.69) is 20.4 Å². The van der Waals surface area contributed by atoms with Gasteiger partial charge in [-0.25, -0.2) is 4.98 Å². The van der Waals surface area contributed by atoms with Crippen LogP contribution < -0.4 is 5.32 Å². The number of aromatic amines is 1. The van der Waals surface area contributed by atoms with Gasteiger partial charge in [0.15, 0.2) is 0 Å². The number of aryl methyl sites for hydroxylation is 3. The average Bonchev–Trinajstić information content (AvgIpc) is 3.14. The number of halogens is 1. The van der Waals surface area contributed by atoms with E-state index >= 15 is 0 Å². The van der Waals surface area contributed by atoms with Crippen LogP contribution in [-0.4, -0.2) is 32.2 Å². The normalized spacial score (nSPS) is 11.1. The van der Waals surface area contributed by atoms with Crippen LogP contribution in [0, 0.1) is 6.92 Å². The van der Waals surface area contributed by atoms with Gasteiger partial charge < -0.3 is 10.3 Å². The molecule has 0 radical (unpaired) electrons. The minimum atomic E-state index is 0.0429. The number of carbonyl (C=O) groups is 1. The predicted molar refractivity (Wildman–Crippen MR) is 94.0 cm³/mol. The molecule has 1 aromatic carbocycles. The molecule has 0 fully saturated rings. The quantitative estimate of drug-likeness (QED) is 0.646. The summed E-state index contributed by atoms with van der Waals surface area (Å²) in [6.07, 6.45) is 3.80. The van der Waals surface area contributed by atoms with Crippen LogP contribution in [0.15, 0.2) is 30.5 Å². The van der Waals surface area contributed by atoms with Gasteiger partial charge in [-0.15, -0.1) is 0 Å². The summed E-state index contributed by atoms with van der Waals surface area (Å²) >= 11 is 5.96. The molecule has 0 aliphatic carbocycles. The van der Waals surface area contributed by atoms with E-state index in [0.29, 0.717) is 24.5 Å². The van der Waals surface area contributed by atoms with Gasteiger partial charge in [-0.2, -0.15) is 5.10 Å². The Hall–Kier alpha value is -2.34. The monoisotopic (exact) mass is 345 g/mol. The Kier molecular flexibility index (Phi) is 5.15. The number of benzene rings is 1. The van der Waals surface area contributed by atoms with E-state index in [1.165, 1.54) is 0 Å². The predicted octanol–water partition coefficient (Wildman–Crippen LogP) is 2.86. The standard InChI is InChI=1S/C17H20ClN5O/c1-12-6-9-20-23(12)10-7-17(24)19-8-2-3-16-21-14-5-4-13(18)11-15(14)22-16/h4-6,9,11H,2-3,7-8,10H2,1H3,(H,19,24)(H,21,22). The van der Waals surface area contributed by atoms with Crippen LogP contribution in [0.5, 0.6) is 0 Å².